The van der Waals surface area contributed by atoms with Crippen LogP contribution >= 0.6 is 0 Å². The molecule has 2 aliphatic heterocycles. The van der Waals surface area contributed by atoms with Gasteiger partial charge in [-0.1, -0.05) is 0 Å². The van der Waals surface area contributed by atoms with Gasteiger partial charge in [-0.3, -0.25) is 9.59 Å². The van der Waals surface area contributed by atoms with E-state index < -0.39 is 150 Å². The summed E-state index contributed by atoms with van der Waals surface area (Å²) in [5.41, 5.74) is 0.428. The first kappa shape index (κ1) is 61.3. The van der Waals surface area contributed by atoms with Crippen molar-refractivity contribution >= 4 is 42.5 Å². The topological polar surface area (TPSA) is 354 Å². The maximum Gasteiger partial charge on any atom is 0.410 e. The Balaban J connectivity index is 2.14. The molecule has 3 aliphatic rings. The highest BCUT2D eigenvalue weighted by molar-refractivity contribution is 5.92. The fourth-order valence-corrected chi connectivity index (χ4v) is 8.29. The number of nitrogens with one attached hydrogen (secondary N) is 5. The summed E-state index contributed by atoms with van der Waals surface area (Å²) in [6.07, 6.45) is -12.6. The first-order valence-corrected chi connectivity index (χ1v) is 24.0. The summed E-state index contributed by atoms with van der Waals surface area (Å²) in [4.78, 5) is 92.7. The number of carbonyl (C=O) groups is 7. The lowest BCUT2D eigenvalue weighted by molar-refractivity contribution is -0.305. The van der Waals surface area contributed by atoms with Crippen molar-refractivity contribution in [2.24, 2.45) is 17.6 Å². The summed E-state index contributed by atoms with van der Waals surface area (Å²) in [6.45, 7) is 19.5. The fourth-order valence-electron chi connectivity index (χ4n) is 8.29. The van der Waals surface area contributed by atoms with Gasteiger partial charge in [0.2, 0.25) is 11.8 Å². The number of aliphatic hydroxyl groups excluding tert-OH is 3. The van der Waals surface area contributed by atoms with Crippen LogP contribution in [-0.4, -0.2) is 190 Å². The zero-order chi connectivity index (χ0) is 54.9. The summed E-state index contributed by atoms with van der Waals surface area (Å²) in [7, 11) is 1.29. The molecular weight excluding hydrogens is 951 g/mol. The molecule has 6 amide bonds. The summed E-state index contributed by atoms with van der Waals surface area (Å²) in [5, 5.41) is 60.4. The number of aliphatic hydroxyl groups is 4. The van der Waals surface area contributed by atoms with Gasteiger partial charge in [-0.05, 0) is 115 Å². The molecule has 13 atom stereocenters. The smallest absolute Gasteiger partial charge is 0.410 e. The van der Waals surface area contributed by atoms with E-state index in [-0.39, 0.29) is 38.1 Å². The van der Waals surface area contributed by atoms with Crippen molar-refractivity contribution < 1.29 is 87.1 Å². The lowest BCUT2D eigenvalue weighted by Gasteiger charge is -2.52. The van der Waals surface area contributed by atoms with Gasteiger partial charge in [0.25, 0.3) is 0 Å². The molecule has 0 radical (unpaired) electrons. The van der Waals surface area contributed by atoms with Gasteiger partial charge >= 0.3 is 24.4 Å². The van der Waals surface area contributed by atoms with Crippen molar-refractivity contribution in [3.05, 3.63) is 11.8 Å². The minimum absolute atomic E-state index is 0.00378. The molecule has 0 bridgehead atoms. The van der Waals surface area contributed by atoms with Gasteiger partial charge in [-0.15, -0.1) is 0 Å². The highest BCUT2D eigenvalue weighted by atomic mass is 16.7. The molecule has 0 spiro atoms. The molecule has 0 aromatic heterocycles. The van der Waals surface area contributed by atoms with Crippen LogP contribution in [-0.2, 0) is 47.5 Å². The van der Waals surface area contributed by atoms with Crippen molar-refractivity contribution in [1.82, 2.24) is 31.5 Å². The Labute approximate surface area is 421 Å². The number of hydrogen-bond donors (Lipinski definition) is 10. The molecule has 0 aromatic rings. The molecule has 1 saturated carbocycles. The molecule has 1 aliphatic carbocycles. The number of ether oxygens (including phenoxy) is 7. The van der Waals surface area contributed by atoms with Crippen molar-refractivity contribution in [1.29, 1.82) is 0 Å². The summed E-state index contributed by atoms with van der Waals surface area (Å²) in [6, 6.07) is -5.17. The molecule has 0 aromatic carbocycles. The first-order chi connectivity index (χ1) is 33.0. The van der Waals surface area contributed by atoms with Crippen LogP contribution in [0.25, 0.3) is 0 Å². The van der Waals surface area contributed by atoms with Crippen molar-refractivity contribution in [2.45, 2.75) is 198 Å². The summed E-state index contributed by atoms with van der Waals surface area (Å²) in [5.74, 6) is -4.45. The number of likely N-dealkylation sites (N-methyl/N-ethyl adjacent to an activating group) is 1. The van der Waals surface area contributed by atoms with E-state index >= 15 is 0 Å². The van der Waals surface area contributed by atoms with Crippen LogP contribution in [0, 0.1) is 11.8 Å². The molecule has 2 heterocycles. The quantitative estimate of drug-likeness (QED) is 0.0574. The Morgan fingerprint density at radius 1 is 0.806 bits per heavy atom. The third-order valence-corrected chi connectivity index (χ3v) is 11.2. The maximum absolute atomic E-state index is 13.9. The van der Waals surface area contributed by atoms with E-state index in [1.807, 2.05) is 0 Å². The molecule has 25 heteroatoms. The van der Waals surface area contributed by atoms with Crippen LogP contribution in [0.5, 0.6) is 0 Å². The maximum atomic E-state index is 13.9. The highest BCUT2D eigenvalue weighted by Gasteiger charge is 2.56. The number of hydrogen-bond acceptors (Lipinski definition) is 19. The fraction of sp³-hybridized carbons (Fsp3) is 0.809. The average Bonchev–Trinajstić information content (AvgIpc) is 3.20. The standard InChI is InChI=1S/C47H81N7O18/c1-43(2,3)69-39(61)49-18-17-29(56)37(60)52-28-19-27(53-41(63)71-45(7,8)9)30(31(57)34(28)68-38-32(58)35(47(13,65)23-66-38)54(14)42(64)72-46(10,11)12)33-26(16-15-25(20-48)67-33)51-36(59)24(22-55)21-50-40(62)70-44(4,5)6/h15,22,24,26-35,38,56-58,65H,16-21,23,48H2,1-14H3,(H,49,61)(H,50,62)(H,51,59)(H,52,60)(H,53,63)/t24?,26-,27+,28-,29+,30?,31+,32-,33+,34+,35-,38-,47+/m1/s1. The van der Waals surface area contributed by atoms with Gasteiger partial charge in [0.15, 0.2) is 6.29 Å². The molecule has 25 nitrogen and oxygen atoms in total. The normalized spacial score (nSPS) is 28.8. The second-order valence-corrected chi connectivity index (χ2v) is 22.5. The SMILES string of the molecule is CN(C(=O)OC(C)(C)C)[C@@H]1[C@@H](O)[C@@H](O[C@H]2[C@H](NC(=O)[C@@H](O)CCNC(=O)OC(C)(C)C)C[C@H](NC(=O)OC(C)(C)C)C([C@H]3OC(CN)=CC[C@H]3NC(=O)C(C=O)CNC(=O)OC(C)(C)C)[C@@H]2O)OC[C@]1(C)O. The lowest BCUT2D eigenvalue weighted by Crippen LogP contribution is -2.71. The van der Waals surface area contributed by atoms with E-state index in [0.29, 0.717) is 6.29 Å². The van der Waals surface area contributed by atoms with Gasteiger partial charge < -0.3 is 95.6 Å². The number of rotatable bonds is 16. The first-order valence-electron chi connectivity index (χ1n) is 24.0. The van der Waals surface area contributed by atoms with Crippen molar-refractivity contribution in [3.63, 3.8) is 0 Å². The zero-order valence-corrected chi connectivity index (χ0v) is 44.1. The molecule has 2 unspecified atom stereocenters. The van der Waals surface area contributed by atoms with Crippen molar-refractivity contribution in [3.8, 4) is 0 Å². The number of nitrogens with zero attached hydrogens (tertiary/aromatic N) is 1. The molecule has 1 saturated heterocycles. The van der Waals surface area contributed by atoms with Crippen molar-refractivity contribution in [2.75, 3.05) is 33.3 Å². The van der Waals surface area contributed by atoms with E-state index in [4.69, 9.17) is 38.9 Å². The Bertz CT molecular complexity index is 1930. The van der Waals surface area contributed by atoms with Gasteiger partial charge in [-0.25, -0.2) is 19.2 Å². The monoisotopic (exact) mass is 1030 g/mol. The minimum atomic E-state index is -1.90. The van der Waals surface area contributed by atoms with E-state index in [9.17, 15) is 54.0 Å². The third-order valence-electron chi connectivity index (χ3n) is 11.2. The van der Waals surface area contributed by atoms with Crippen LogP contribution in [0.1, 0.15) is 109 Å². The number of alkyl carbamates (subject to hydrolysis) is 3. The molecular formula is C47H81N7O18. The lowest BCUT2D eigenvalue weighted by atomic mass is 9.72. The van der Waals surface area contributed by atoms with Crippen LogP contribution < -0.4 is 32.3 Å². The Kier molecular flexibility index (Phi) is 21.1. The summed E-state index contributed by atoms with van der Waals surface area (Å²) < 4.78 is 40.3. The predicted molar refractivity (Wildman–Crippen MR) is 255 cm³/mol. The van der Waals surface area contributed by atoms with Crippen LogP contribution in [0.2, 0.25) is 0 Å². The predicted octanol–water partition coefficient (Wildman–Crippen LogP) is 0.566. The number of carbonyl (C=O) groups excluding carboxylic acids is 7. The average molecular weight is 1030 g/mol. The zero-order valence-electron chi connectivity index (χ0n) is 44.1. The molecule has 11 N–H and O–H groups in total. The third kappa shape index (κ3) is 18.8. The molecule has 3 rings (SSSR count). The van der Waals surface area contributed by atoms with E-state index in [0.717, 1.165) is 4.90 Å². The number of nitrogens with two attached hydrogens (primary N) is 1. The number of amides is 6. The van der Waals surface area contributed by atoms with Gasteiger partial charge in [-0.2, -0.15) is 0 Å². The van der Waals surface area contributed by atoms with Gasteiger partial charge in [0, 0.05) is 32.1 Å². The largest absolute Gasteiger partial charge is 0.491 e. The second kappa shape index (κ2) is 24.8. The molecule has 2 fully saturated rings. The summed E-state index contributed by atoms with van der Waals surface area (Å²) >= 11 is 0. The second-order valence-electron chi connectivity index (χ2n) is 22.5. The van der Waals surface area contributed by atoms with E-state index in [2.05, 4.69) is 26.6 Å². The van der Waals surface area contributed by atoms with E-state index in [1.54, 1.807) is 89.2 Å². The Morgan fingerprint density at radius 2 is 1.35 bits per heavy atom. The van der Waals surface area contributed by atoms with Crippen LogP contribution in [0.3, 0.4) is 0 Å². The Morgan fingerprint density at radius 3 is 1.89 bits per heavy atom. The Hall–Kier alpha value is -5.05. The van der Waals surface area contributed by atoms with Gasteiger partial charge in [0.1, 0.15) is 70.4 Å². The minimum Gasteiger partial charge on any atom is -0.491 e. The molecule has 412 valence electrons. The van der Waals surface area contributed by atoms with Crippen LogP contribution in [0.4, 0.5) is 19.2 Å². The molecule has 72 heavy (non-hydrogen) atoms. The highest BCUT2D eigenvalue weighted by Crippen LogP contribution is 2.39. The van der Waals surface area contributed by atoms with Gasteiger partial charge in [0.05, 0.1) is 37.4 Å². The number of aldehydes is 1. The van der Waals surface area contributed by atoms with E-state index in [1.165, 1.54) is 14.0 Å². The van der Waals surface area contributed by atoms with Crippen LogP contribution in [0.15, 0.2) is 11.8 Å².